The van der Waals surface area contributed by atoms with E-state index in [0.717, 1.165) is 32.3 Å². The average Bonchev–Trinajstić information content (AvgIpc) is 2.95. The molecule has 112 valence electrons. The highest BCUT2D eigenvalue weighted by Gasteiger charge is 2.09. The molecule has 0 bridgehead atoms. The molecular weight excluding hydrogens is 314 g/mol. The Labute approximate surface area is 139 Å². The van der Waals surface area contributed by atoms with Crippen molar-refractivity contribution in [3.05, 3.63) is 64.1 Å². The van der Waals surface area contributed by atoms with E-state index in [1.807, 2.05) is 30.5 Å². The molecule has 0 aliphatic carbocycles. The van der Waals surface area contributed by atoms with Crippen LogP contribution in [0.15, 0.2) is 48.7 Å². The SMILES string of the molecule is COCc1cc(-c2ncc(C)s2)ccc1-c1ccc(Cl)cc1. The van der Waals surface area contributed by atoms with Gasteiger partial charge in [-0.25, -0.2) is 4.98 Å². The fraction of sp³-hybridized carbons (Fsp3) is 0.167. The molecule has 2 aromatic carbocycles. The summed E-state index contributed by atoms with van der Waals surface area (Å²) >= 11 is 7.68. The smallest absolute Gasteiger partial charge is 0.123 e. The van der Waals surface area contributed by atoms with Crippen molar-refractivity contribution in [2.75, 3.05) is 7.11 Å². The zero-order chi connectivity index (χ0) is 15.5. The van der Waals surface area contributed by atoms with Crippen LogP contribution in [-0.2, 0) is 11.3 Å². The van der Waals surface area contributed by atoms with E-state index in [4.69, 9.17) is 16.3 Å². The van der Waals surface area contributed by atoms with E-state index in [1.54, 1.807) is 18.4 Å². The molecule has 1 heterocycles. The Balaban J connectivity index is 2.05. The summed E-state index contributed by atoms with van der Waals surface area (Å²) in [5.74, 6) is 0. The van der Waals surface area contributed by atoms with Gasteiger partial charge in [0.25, 0.3) is 0 Å². The number of nitrogens with zero attached hydrogens (tertiary/aromatic N) is 1. The van der Waals surface area contributed by atoms with Crippen LogP contribution < -0.4 is 0 Å². The van der Waals surface area contributed by atoms with Gasteiger partial charge in [-0.2, -0.15) is 0 Å². The maximum atomic E-state index is 5.98. The van der Waals surface area contributed by atoms with Crippen molar-refractivity contribution in [3.8, 4) is 21.7 Å². The van der Waals surface area contributed by atoms with E-state index in [2.05, 4.69) is 30.1 Å². The lowest BCUT2D eigenvalue weighted by Crippen LogP contribution is -1.93. The lowest BCUT2D eigenvalue weighted by atomic mass is 9.98. The molecule has 0 radical (unpaired) electrons. The third-order valence-electron chi connectivity index (χ3n) is 3.43. The predicted octanol–water partition coefficient (Wildman–Crippen LogP) is 5.59. The Morgan fingerprint density at radius 2 is 1.82 bits per heavy atom. The molecule has 22 heavy (non-hydrogen) atoms. The number of aryl methyl sites for hydroxylation is 1. The molecule has 0 saturated carbocycles. The highest BCUT2D eigenvalue weighted by atomic mass is 35.5. The molecule has 0 spiro atoms. The first kappa shape index (κ1) is 15.2. The molecule has 0 aliphatic heterocycles. The van der Waals surface area contributed by atoms with Crippen LogP contribution in [0.2, 0.25) is 5.02 Å². The maximum absolute atomic E-state index is 5.98. The van der Waals surface area contributed by atoms with Crippen LogP contribution in [0.1, 0.15) is 10.4 Å². The van der Waals surface area contributed by atoms with Gasteiger partial charge in [0.15, 0.2) is 0 Å². The van der Waals surface area contributed by atoms with Crippen molar-refractivity contribution in [2.45, 2.75) is 13.5 Å². The summed E-state index contributed by atoms with van der Waals surface area (Å²) < 4.78 is 5.37. The third-order valence-corrected chi connectivity index (χ3v) is 4.64. The predicted molar refractivity (Wildman–Crippen MR) is 93.4 cm³/mol. The Kier molecular flexibility index (Phi) is 4.57. The fourth-order valence-electron chi connectivity index (χ4n) is 2.40. The lowest BCUT2D eigenvalue weighted by molar-refractivity contribution is 0.185. The minimum Gasteiger partial charge on any atom is -0.380 e. The standard InChI is InChI=1S/C18H16ClNOS/c1-12-10-20-18(22-12)14-5-8-17(15(9-14)11-21-2)13-3-6-16(19)7-4-13/h3-10H,11H2,1-2H3. The number of methoxy groups -OCH3 is 1. The number of benzene rings is 2. The molecule has 0 fully saturated rings. The van der Waals surface area contributed by atoms with E-state index in [9.17, 15) is 0 Å². The van der Waals surface area contributed by atoms with Crippen molar-refractivity contribution in [1.29, 1.82) is 0 Å². The summed E-state index contributed by atoms with van der Waals surface area (Å²) in [6.07, 6.45) is 1.91. The molecule has 0 aliphatic rings. The van der Waals surface area contributed by atoms with Gasteiger partial charge in [-0.15, -0.1) is 11.3 Å². The molecule has 0 saturated heterocycles. The molecule has 3 rings (SSSR count). The summed E-state index contributed by atoms with van der Waals surface area (Å²) in [4.78, 5) is 5.67. The minimum atomic E-state index is 0.566. The topological polar surface area (TPSA) is 22.1 Å². The number of ether oxygens (including phenoxy) is 1. The van der Waals surface area contributed by atoms with Crippen molar-refractivity contribution in [1.82, 2.24) is 4.98 Å². The van der Waals surface area contributed by atoms with Crippen molar-refractivity contribution >= 4 is 22.9 Å². The molecule has 0 unspecified atom stereocenters. The van der Waals surface area contributed by atoms with Crippen LogP contribution in [0.4, 0.5) is 0 Å². The molecule has 0 N–H and O–H groups in total. The molecule has 0 atom stereocenters. The van der Waals surface area contributed by atoms with Gasteiger partial charge in [-0.1, -0.05) is 35.9 Å². The maximum Gasteiger partial charge on any atom is 0.123 e. The average molecular weight is 330 g/mol. The van der Waals surface area contributed by atoms with Crippen LogP contribution in [0.3, 0.4) is 0 Å². The van der Waals surface area contributed by atoms with Gasteiger partial charge in [0.1, 0.15) is 5.01 Å². The molecular formula is C18H16ClNOS. The summed E-state index contributed by atoms with van der Waals surface area (Å²) in [6.45, 7) is 2.63. The highest BCUT2D eigenvalue weighted by molar-refractivity contribution is 7.14. The Morgan fingerprint density at radius 1 is 1.09 bits per heavy atom. The normalized spacial score (nSPS) is 10.9. The Morgan fingerprint density at radius 3 is 2.45 bits per heavy atom. The monoisotopic (exact) mass is 329 g/mol. The molecule has 2 nitrogen and oxygen atoms in total. The number of rotatable bonds is 4. The first-order chi connectivity index (χ1) is 10.7. The van der Waals surface area contributed by atoms with Gasteiger partial charge in [0, 0.05) is 28.8 Å². The minimum absolute atomic E-state index is 0.566. The van der Waals surface area contributed by atoms with Gasteiger partial charge in [-0.05, 0) is 41.8 Å². The van der Waals surface area contributed by atoms with E-state index in [-0.39, 0.29) is 0 Å². The second kappa shape index (κ2) is 6.61. The molecule has 1 aromatic heterocycles. The number of aromatic nitrogens is 1. The summed E-state index contributed by atoms with van der Waals surface area (Å²) in [6, 6.07) is 14.3. The molecule has 0 amide bonds. The molecule has 3 aromatic rings. The van der Waals surface area contributed by atoms with Crippen LogP contribution >= 0.6 is 22.9 Å². The van der Waals surface area contributed by atoms with Crippen LogP contribution in [0.25, 0.3) is 21.7 Å². The number of halogens is 1. The summed E-state index contributed by atoms with van der Waals surface area (Å²) in [5.41, 5.74) is 4.58. The van der Waals surface area contributed by atoms with E-state index < -0.39 is 0 Å². The van der Waals surface area contributed by atoms with Gasteiger partial charge in [-0.3, -0.25) is 0 Å². The number of thiazole rings is 1. The van der Waals surface area contributed by atoms with Crippen LogP contribution in [-0.4, -0.2) is 12.1 Å². The largest absolute Gasteiger partial charge is 0.380 e. The van der Waals surface area contributed by atoms with Gasteiger partial charge in [0.05, 0.1) is 6.61 Å². The van der Waals surface area contributed by atoms with Crippen molar-refractivity contribution in [3.63, 3.8) is 0 Å². The summed E-state index contributed by atoms with van der Waals surface area (Å²) in [5, 5.41) is 1.78. The summed E-state index contributed by atoms with van der Waals surface area (Å²) in [7, 11) is 1.71. The van der Waals surface area contributed by atoms with Gasteiger partial charge < -0.3 is 4.74 Å². The fourth-order valence-corrected chi connectivity index (χ4v) is 3.29. The zero-order valence-electron chi connectivity index (χ0n) is 12.5. The Bertz CT molecular complexity index is 780. The second-order valence-corrected chi connectivity index (χ2v) is 6.76. The van der Waals surface area contributed by atoms with E-state index >= 15 is 0 Å². The first-order valence-corrected chi connectivity index (χ1v) is 8.17. The first-order valence-electron chi connectivity index (χ1n) is 6.98. The Hall–Kier alpha value is -1.68. The van der Waals surface area contributed by atoms with Crippen molar-refractivity contribution < 1.29 is 4.74 Å². The number of hydrogen-bond acceptors (Lipinski definition) is 3. The zero-order valence-corrected chi connectivity index (χ0v) is 14.0. The van der Waals surface area contributed by atoms with Crippen LogP contribution in [0, 0.1) is 6.92 Å². The third kappa shape index (κ3) is 3.22. The van der Waals surface area contributed by atoms with E-state index in [1.165, 1.54) is 4.88 Å². The van der Waals surface area contributed by atoms with Gasteiger partial charge >= 0.3 is 0 Å². The molecule has 4 heteroatoms. The van der Waals surface area contributed by atoms with Crippen molar-refractivity contribution in [2.24, 2.45) is 0 Å². The quantitative estimate of drug-likeness (QED) is 0.623. The number of hydrogen-bond donors (Lipinski definition) is 0. The second-order valence-electron chi connectivity index (χ2n) is 5.09. The van der Waals surface area contributed by atoms with Gasteiger partial charge in [0.2, 0.25) is 0 Å². The van der Waals surface area contributed by atoms with E-state index in [0.29, 0.717) is 6.61 Å². The van der Waals surface area contributed by atoms with Crippen LogP contribution in [0.5, 0.6) is 0 Å². The lowest BCUT2D eigenvalue weighted by Gasteiger charge is -2.11. The highest BCUT2D eigenvalue weighted by Crippen LogP contribution is 2.31.